The molecule has 7 nitrogen and oxygen atoms in total. The van der Waals surface area contributed by atoms with E-state index in [9.17, 15) is 10.1 Å². The first-order valence-electron chi connectivity index (χ1n) is 9.98. The number of rotatable bonds is 8. The highest BCUT2D eigenvalue weighted by Crippen LogP contribution is 2.32. The van der Waals surface area contributed by atoms with Crippen molar-refractivity contribution in [2.24, 2.45) is 0 Å². The predicted molar refractivity (Wildman–Crippen MR) is 117 cm³/mol. The zero-order valence-electron chi connectivity index (χ0n) is 17.6. The number of nitriles is 1. The van der Waals surface area contributed by atoms with E-state index < -0.39 is 12.1 Å². The van der Waals surface area contributed by atoms with Gasteiger partial charge in [0, 0.05) is 17.7 Å². The molecule has 1 N–H and O–H groups in total. The molecule has 0 amide bonds. The highest BCUT2D eigenvalue weighted by molar-refractivity contribution is 6.32. The van der Waals surface area contributed by atoms with Crippen LogP contribution in [0.1, 0.15) is 49.7 Å². The zero-order valence-corrected chi connectivity index (χ0v) is 18.3. The first-order chi connectivity index (χ1) is 14.9. The third-order valence-corrected chi connectivity index (χ3v) is 5.27. The van der Waals surface area contributed by atoms with Gasteiger partial charge in [-0.15, -0.1) is 10.2 Å². The van der Waals surface area contributed by atoms with Crippen LogP contribution in [0.15, 0.2) is 46.9 Å². The first kappa shape index (κ1) is 22.3. The molecule has 0 saturated heterocycles. The Balaban J connectivity index is 1.94. The number of carbonyl (C=O) groups is 1. The standard InChI is InChI=1S/C23H23ClN4O3/c1-4-8-19(29)30-15(3)21(26-18-12-11-17(13-25)20(24)14(18)2)23-28-27-22(31-23)16-9-6-5-7-10-16/h5-7,9-12,15,21,26H,4,8H2,1-3H3/t15-,21?/m0/s1. The number of nitrogens with one attached hydrogen (secondary N) is 1. The molecule has 8 heteroatoms. The van der Waals surface area contributed by atoms with Crippen LogP contribution in [0.2, 0.25) is 5.02 Å². The highest BCUT2D eigenvalue weighted by atomic mass is 35.5. The molecule has 0 spiro atoms. The Morgan fingerprint density at radius 2 is 2.00 bits per heavy atom. The Morgan fingerprint density at radius 1 is 1.26 bits per heavy atom. The summed E-state index contributed by atoms with van der Waals surface area (Å²) < 4.78 is 11.5. The Labute approximate surface area is 186 Å². The lowest BCUT2D eigenvalue weighted by Crippen LogP contribution is -2.28. The van der Waals surface area contributed by atoms with Crippen LogP contribution in [0.3, 0.4) is 0 Å². The van der Waals surface area contributed by atoms with Crippen LogP contribution in [-0.2, 0) is 9.53 Å². The predicted octanol–water partition coefficient (Wildman–Crippen LogP) is 5.46. The summed E-state index contributed by atoms with van der Waals surface area (Å²) in [6.45, 7) is 5.48. The second-order valence-electron chi connectivity index (χ2n) is 7.09. The van der Waals surface area contributed by atoms with Crippen molar-refractivity contribution < 1.29 is 13.9 Å². The van der Waals surface area contributed by atoms with Gasteiger partial charge in [-0.2, -0.15) is 5.26 Å². The van der Waals surface area contributed by atoms with Crippen LogP contribution >= 0.6 is 11.6 Å². The van der Waals surface area contributed by atoms with Gasteiger partial charge in [0.2, 0.25) is 11.8 Å². The number of benzene rings is 2. The molecule has 0 fully saturated rings. The number of hydrogen-bond donors (Lipinski definition) is 1. The number of ether oxygens (including phenoxy) is 1. The van der Waals surface area contributed by atoms with Crippen LogP contribution in [0.5, 0.6) is 0 Å². The van der Waals surface area contributed by atoms with E-state index in [1.54, 1.807) is 26.0 Å². The molecule has 0 aliphatic heterocycles. The number of carbonyl (C=O) groups excluding carboxylic acids is 1. The molecule has 1 aromatic heterocycles. The quantitative estimate of drug-likeness (QED) is 0.466. The minimum Gasteiger partial charge on any atom is -0.460 e. The molecular formula is C23H23ClN4O3. The molecule has 0 saturated carbocycles. The van der Waals surface area contributed by atoms with Crippen molar-refractivity contribution in [1.82, 2.24) is 10.2 Å². The molecule has 3 aromatic rings. The lowest BCUT2D eigenvalue weighted by Gasteiger charge is -2.24. The van der Waals surface area contributed by atoms with Crippen LogP contribution < -0.4 is 5.32 Å². The van der Waals surface area contributed by atoms with E-state index in [2.05, 4.69) is 21.6 Å². The van der Waals surface area contributed by atoms with E-state index in [0.717, 1.165) is 5.56 Å². The fourth-order valence-electron chi connectivity index (χ4n) is 3.07. The number of nitrogens with zero attached hydrogens (tertiary/aromatic N) is 3. The number of anilines is 1. The van der Waals surface area contributed by atoms with Crippen LogP contribution in [0, 0.1) is 18.3 Å². The summed E-state index contributed by atoms with van der Waals surface area (Å²) in [4.78, 5) is 12.1. The SMILES string of the molecule is CCCC(=O)O[C@@H](C)C(Nc1ccc(C#N)c(Cl)c1C)c1nnc(-c2ccccc2)o1. The lowest BCUT2D eigenvalue weighted by atomic mass is 10.1. The van der Waals surface area contributed by atoms with Crippen molar-refractivity contribution in [1.29, 1.82) is 5.26 Å². The molecule has 1 heterocycles. The van der Waals surface area contributed by atoms with Crippen LogP contribution in [0.25, 0.3) is 11.5 Å². The average Bonchev–Trinajstić information content (AvgIpc) is 3.25. The average molecular weight is 439 g/mol. The summed E-state index contributed by atoms with van der Waals surface area (Å²) >= 11 is 6.32. The monoisotopic (exact) mass is 438 g/mol. The minimum atomic E-state index is -0.617. The molecule has 0 bridgehead atoms. The first-order valence-corrected chi connectivity index (χ1v) is 10.4. The Hall–Kier alpha value is -3.37. The molecule has 0 aliphatic rings. The van der Waals surface area contributed by atoms with Crippen molar-refractivity contribution in [2.45, 2.75) is 45.8 Å². The highest BCUT2D eigenvalue weighted by Gasteiger charge is 2.29. The van der Waals surface area contributed by atoms with Crippen molar-refractivity contribution in [3.8, 4) is 17.5 Å². The molecular weight excluding hydrogens is 416 g/mol. The maximum absolute atomic E-state index is 12.1. The normalized spacial score (nSPS) is 12.6. The van der Waals surface area contributed by atoms with Gasteiger partial charge >= 0.3 is 5.97 Å². The van der Waals surface area contributed by atoms with Gasteiger partial charge in [-0.3, -0.25) is 4.79 Å². The molecule has 1 unspecified atom stereocenters. The van der Waals surface area contributed by atoms with Gasteiger partial charge in [0.1, 0.15) is 18.2 Å². The van der Waals surface area contributed by atoms with Crippen molar-refractivity contribution in [3.63, 3.8) is 0 Å². The minimum absolute atomic E-state index is 0.274. The van der Waals surface area contributed by atoms with Gasteiger partial charge in [0.05, 0.1) is 10.6 Å². The van der Waals surface area contributed by atoms with Gasteiger partial charge < -0.3 is 14.5 Å². The number of esters is 1. The van der Waals surface area contributed by atoms with Crippen LogP contribution in [0.4, 0.5) is 5.69 Å². The van der Waals surface area contributed by atoms with E-state index in [-0.39, 0.29) is 11.9 Å². The topological polar surface area (TPSA) is 101 Å². The van der Waals surface area contributed by atoms with Gasteiger partial charge in [-0.1, -0.05) is 36.7 Å². The van der Waals surface area contributed by atoms with E-state index in [4.69, 9.17) is 20.8 Å². The van der Waals surface area contributed by atoms with Crippen molar-refractivity contribution in [2.75, 3.05) is 5.32 Å². The van der Waals surface area contributed by atoms with Gasteiger partial charge in [0.15, 0.2) is 0 Å². The third-order valence-electron chi connectivity index (χ3n) is 4.79. The van der Waals surface area contributed by atoms with Gasteiger partial charge in [0.25, 0.3) is 0 Å². The second-order valence-corrected chi connectivity index (χ2v) is 7.47. The molecule has 0 radical (unpaired) electrons. The summed E-state index contributed by atoms with van der Waals surface area (Å²) in [5, 5.41) is 21.2. The zero-order chi connectivity index (χ0) is 22.4. The summed E-state index contributed by atoms with van der Waals surface area (Å²) in [7, 11) is 0. The van der Waals surface area contributed by atoms with E-state index in [0.29, 0.717) is 40.6 Å². The van der Waals surface area contributed by atoms with Gasteiger partial charge in [-0.25, -0.2) is 0 Å². The summed E-state index contributed by atoms with van der Waals surface area (Å²) in [6, 6.07) is 14.2. The molecule has 0 aliphatic carbocycles. The van der Waals surface area contributed by atoms with Crippen molar-refractivity contribution >= 4 is 23.3 Å². The number of hydrogen-bond acceptors (Lipinski definition) is 7. The lowest BCUT2D eigenvalue weighted by molar-refractivity contribution is -0.149. The molecule has 3 rings (SSSR count). The smallest absolute Gasteiger partial charge is 0.306 e. The van der Waals surface area contributed by atoms with Gasteiger partial charge in [-0.05, 0) is 50.1 Å². The Morgan fingerprint density at radius 3 is 2.68 bits per heavy atom. The molecule has 160 valence electrons. The number of halogens is 1. The maximum atomic E-state index is 12.1. The molecule has 31 heavy (non-hydrogen) atoms. The fraction of sp³-hybridized carbons (Fsp3) is 0.304. The number of aromatic nitrogens is 2. The largest absolute Gasteiger partial charge is 0.460 e. The fourth-order valence-corrected chi connectivity index (χ4v) is 3.28. The summed E-state index contributed by atoms with van der Waals surface area (Å²) in [5.74, 6) is 0.332. The van der Waals surface area contributed by atoms with E-state index in [1.165, 1.54) is 0 Å². The van der Waals surface area contributed by atoms with E-state index >= 15 is 0 Å². The molecule has 2 aromatic carbocycles. The van der Waals surface area contributed by atoms with Crippen LogP contribution in [-0.4, -0.2) is 22.3 Å². The maximum Gasteiger partial charge on any atom is 0.306 e. The van der Waals surface area contributed by atoms with Crippen molar-refractivity contribution in [3.05, 3.63) is 64.5 Å². The second kappa shape index (κ2) is 10.1. The summed E-state index contributed by atoms with van der Waals surface area (Å²) in [6.07, 6.45) is 0.404. The Bertz CT molecular complexity index is 1090. The third kappa shape index (κ3) is 5.22. The summed E-state index contributed by atoms with van der Waals surface area (Å²) in [5.41, 5.74) is 2.54. The molecule has 2 atom stereocenters. The Kier molecular flexibility index (Phi) is 7.27. The van der Waals surface area contributed by atoms with E-state index in [1.807, 2.05) is 37.3 Å².